The highest BCUT2D eigenvalue weighted by Gasteiger charge is 2.10. The van der Waals surface area contributed by atoms with Crippen molar-refractivity contribution in [3.63, 3.8) is 0 Å². The number of rotatable bonds is 4. The molecule has 0 N–H and O–H groups in total. The molecule has 2 aromatic heterocycles. The summed E-state index contributed by atoms with van der Waals surface area (Å²) in [6, 6.07) is 9.30. The predicted octanol–water partition coefficient (Wildman–Crippen LogP) is 3.77. The van der Waals surface area contributed by atoms with Crippen LogP contribution in [0.2, 0.25) is 10.0 Å². The Labute approximate surface area is 152 Å². The quantitative estimate of drug-likeness (QED) is 0.687. The van der Waals surface area contributed by atoms with Crippen LogP contribution in [0.5, 0.6) is 23.5 Å². The zero-order valence-corrected chi connectivity index (χ0v) is 14.7. The third-order valence-corrected chi connectivity index (χ3v) is 3.58. The summed E-state index contributed by atoms with van der Waals surface area (Å²) in [5, 5.41) is 4.81. The normalized spacial score (nSPS) is 10.6. The number of benzene rings is 1. The van der Waals surface area contributed by atoms with Gasteiger partial charge >= 0.3 is 6.01 Å². The van der Waals surface area contributed by atoms with Crippen LogP contribution < -0.4 is 15.0 Å². The van der Waals surface area contributed by atoms with Crippen LogP contribution in [-0.2, 0) is 7.05 Å². The highest BCUT2D eigenvalue weighted by Crippen LogP contribution is 2.31. The van der Waals surface area contributed by atoms with Crippen molar-refractivity contribution >= 4 is 23.2 Å². The summed E-state index contributed by atoms with van der Waals surface area (Å²) in [7, 11) is 1.52. The van der Waals surface area contributed by atoms with E-state index in [1.165, 1.54) is 19.2 Å². The minimum atomic E-state index is -0.251. The number of hydrogen-bond donors (Lipinski definition) is 0. The van der Waals surface area contributed by atoms with Crippen LogP contribution in [0.1, 0.15) is 5.69 Å². The first-order valence-electron chi connectivity index (χ1n) is 7.11. The van der Waals surface area contributed by atoms with E-state index in [1.54, 1.807) is 31.2 Å². The van der Waals surface area contributed by atoms with Crippen LogP contribution in [0.4, 0.5) is 0 Å². The summed E-state index contributed by atoms with van der Waals surface area (Å²) in [5.74, 6) is 0.829. The summed E-state index contributed by atoms with van der Waals surface area (Å²) >= 11 is 12.0. The van der Waals surface area contributed by atoms with Crippen LogP contribution in [0.15, 0.2) is 41.2 Å². The summed E-state index contributed by atoms with van der Waals surface area (Å²) < 4.78 is 12.3. The first-order valence-corrected chi connectivity index (χ1v) is 7.87. The van der Waals surface area contributed by atoms with E-state index in [4.69, 9.17) is 32.7 Å². The Bertz CT molecular complexity index is 991. The molecule has 0 saturated heterocycles. The fourth-order valence-electron chi connectivity index (χ4n) is 1.91. The van der Waals surface area contributed by atoms with E-state index in [0.717, 1.165) is 4.68 Å². The fraction of sp³-hybridized carbons (Fsp3) is 0.125. The molecule has 0 aliphatic heterocycles. The van der Waals surface area contributed by atoms with Gasteiger partial charge in [-0.2, -0.15) is 9.97 Å². The molecule has 0 aliphatic rings. The van der Waals surface area contributed by atoms with Crippen molar-refractivity contribution in [2.45, 2.75) is 6.92 Å². The predicted molar refractivity (Wildman–Crippen MR) is 92.9 cm³/mol. The van der Waals surface area contributed by atoms with E-state index in [1.807, 2.05) is 0 Å². The SMILES string of the molecule is Cc1cc(Oc2ccc(Cl)cc2Cl)nc(Oc2ccc(=O)n(C)n2)n1. The minimum absolute atomic E-state index is 0.0336. The Kier molecular flexibility index (Phi) is 4.87. The Hall–Kier alpha value is -2.64. The molecule has 3 rings (SSSR count). The number of ether oxygens (including phenoxy) is 2. The van der Waals surface area contributed by atoms with Crippen molar-refractivity contribution in [2.75, 3.05) is 0 Å². The van der Waals surface area contributed by atoms with Gasteiger partial charge in [0.25, 0.3) is 5.56 Å². The van der Waals surface area contributed by atoms with E-state index in [-0.39, 0.29) is 23.3 Å². The van der Waals surface area contributed by atoms with E-state index in [0.29, 0.717) is 21.5 Å². The molecule has 7 nitrogen and oxygen atoms in total. The average molecular weight is 379 g/mol. The van der Waals surface area contributed by atoms with Gasteiger partial charge in [-0.15, -0.1) is 5.10 Å². The lowest BCUT2D eigenvalue weighted by molar-refractivity contribution is 0.389. The highest BCUT2D eigenvalue weighted by atomic mass is 35.5. The van der Waals surface area contributed by atoms with Gasteiger partial charge in [0.2, 0.25) is 11.8 Å². The van der Waals surface area contributed by atoms with E-state index in [2.05, 4.69) is 15.1 Å². The van der Waals surface area contributed by atoms with Gasteiger partial charge in [0.1, 0.15) is 5.75 Å². The lowest BCUT2D eigenvalue weighted by Gasteiger charge is -2.09. The smallest absolute Gasteiger partial charge is 0.326 e. The van der Waals surface area contributed by atoms with E-state index >= 15 is 0 Å². The summed E-state index contributed by atoms with van der Waals surface area (Å²) in [6.45, 7) is 1.76. The molecule has 0 aliphatic carbocycles. The summed E-state index contributed by atoms with van der Waals surface area (Å²) in [5.41, 5.74) is 0.369. The third kappa shape index (κ3) is 4.26. The first-order chi connectivity index (χ1) is 11.9. The molecule has 3 aromatic rings. The van der Waals surface area contributed by atoms with Crippen LogP contribution in [-0.4, -0.2) is 19.7 Å². The second-order valence-corrected chi connectivity index (χ2v) is 5.89. The number of aryl methyl sites for hydroxylation is 2. The monoisotopic (exact) mass is 378 g/mol. The van der Waals surface area contributed by atoms with Crippen molar-refractivity contribution < 1.29 is 9.47 Å². The molecular weight excluding hydrogens is 367 g/mol. The molecule has 1 aromatic carbocycles. The maximum Gasteiger partial charge on any atom is 0.326 e. The lowest BCUT2D eigenvalue weighted by atomic mass is 10.3. The topological polar surface area (TPSA) is 79.1 Å². The molecule has 0 fully saturated rings. The van der Waals surface area contributed by atoms with Crippen LogP contribution in [0.25, 0.3) is 0 Å². The highest BCUT2D eigenvalue weighted by molar-refractivity contribution is 6.35. The van der Waals surface area contributed by atoms with E-state index in [9.17, 15) is 4.79 Å². The molecule has 0 saturated carbocycles. The van der Waals surface area contributed by atoms with Gasteiger partial charge in [-0.1, -0.05) is 23.2 Å². The zero-order valence-electron chi connectivity index (χ0n) is 13.2. The van der Waals surface area contributed by atoms with Gasteiger partial charge in [-0.05, 0) is 25.1 Å². The number of hydrogen-bond acceptors (Lipinski definition) is 6. The number of halogens is 2. The van der Waals surface area contributed by atoms with Crippen molar-refractivity contribution in [3.05, 3.63) is 62.5 Å². The molecular formula is C16H12Cl2N4O3. The number of nitrogens with zero attached hydrogens (tertiary/aromatic N) is 4. The molecule has 0 radical (unpaired) electrons. The van der Waals surface area contributed by atoms with Crippen molar-refractivity contribution in [3.8, 4) is 23.5 Å². The number of aromatic nitrogens is 4. The molecule has 0 atom stereocenters. The van der Waals surface area contributed by atoms with Crippen LogP contribution in [0.3, 0.4) is 0 Å². The van der Waals surface area contributed by atoms with Gasteiger partial charge in [-0.25, -0.2) is 4.68 Å². The summed E-state index contributed by atoms with van der Waals surface area (Å²) in [4.78, 5) is 19.7. The van der Waals surface area contributed by atoms with Gasteiger partial charge < -0.3 is 9.47 Å². The minimum Gasteiger partial charge on any atom is -0.437 e. The van der Waals surface area contributed by atoms with Crippen LogP contribution in [0, 0.1) is 6.92 Å². The second kappa shape index (κ2) is 7.08. The van der Waals surface area contributed by atoms with Gasteiger partial charge in [0.15, 0.2) is 0 Å². The summed E-state index contributed by atoms with van der Waals surface area (Å²) in [6.07, 6.45) is 0. The van der Waals surface area contributed by atoms with Gasteiger partial charge in [-0.3, -0.25) is 4.79 Å². The fourth-order valence-corrected chi connectivity index (χ4v) is 2.36. The molecule has 9 heteroatoms. The molecule has 25 heavy (non-hydrogen) atoms. The Morgan fingerprint density at radius 1 is 1.00 bits per heavy atom. The lowest BCUT2D eigenvalue weighted by Crippen LogP contribution is -2.18. The first kappa shape index (κ1) is 17.2. The standard InChI is InChI=1S/C16H12Cl2N4O3/c1-9-7-14(24-12-4-3-10(17)8-11(12)18)20-16(19-9)25-13-5-6-15(23)22(2)21-13/h3-8H,1-2H3. The largest absolute Gasteiger partial charge is 0.437 e. The Balaban J connectivity index is 1.87. The average Bonchev–Trinajstić information content (AvgIpc) is 2.53. The van der Waals surface area contributed by atoms with Crippen molar-refractivity contribution in [2.24, 2.45) is 7.05 Å². The van der Waals surface area contributed by atoms with Crippen molar-refractivity contribution in [1.82, 2.24) is 19.7 Å². The zero-order chi connectivity index (χ0) is 18.0. The maximum atomic E-state index is 11.4. The molecule has 0 spiro atoms. The van der Waals surface area contributed by atoms with Crippen molar-refractivity contribution in [1.29, 1.82) is 0 Å². The van der Waals surface area contributed by atoms with Crippen LogP contribution >= 0.6 is 23.2 Å². The Morgan fingerprint density at radius 2 is 1.80 bits per heavy atom. The molecule has 0 amide bonds. The van der Waals surface area contributed by atoms with Gasteiger partial charge in [0.05, 0.1) is 5.02 Å². The Morgan fingerprint density at radius 3 is 2.52 bits per heavy atom. The third-order valence-electron chi connectivity index (χ3n) is 3.05. The molecule has 2 heterocycles. The van der Waals surface area contributed by atoms with Gasteiger partial charge in [0, 0.05) is 36.0 Å². The molecule has 0 bridgehead atoms. The van der Waals surface area contributed by atoms with E-state index < -0.39 is 0 Å². The molecule has 128 valence electrons. The molecule has 0 unspecified atom stereocenters. The second-order valence-electron chi connectivity index (χ2n) is 5.04. The maximum absolute atomic E-state index is 11.4.